The maximum absolute atomic E-state index is 9.28. The van der Waals surface area contributed by atoms with E-state index in [1.54, 1.807) is 0 Å². The molecule has 1 aliphatic carbocycles. The van der Waals surface area contributed by atoms with Crippen LogP contribution in [0.2, 0.25) is 0 Å². The van der Waals surface area contributed by atoms with Gasteiger partial charge >= 0.3 is 0 Å². The Balaban J connectivity index is 1.53. The fraction of sp³-hybridized carbons (Fsp3) is 0.105. The summed E-state index contributed by atoms with van der Waals surface area (Å²) in [5.41, 5.74) is 8.98. The summed E-state index contributed by atoms with van der Waals surface area (Å²) in [5, 5.41) is 18.5. The highest BCUT2D eigenvalue weighted by Crippen LogP contribution is 2.41. The standard InChI is InChI=1S/C38H30N2/c1-28-23-31(24-36(32-9-5-3-6-10-32)34-17-13-29(26-39)14-18-34)21-22-38(28,2)25-37(33-11-7-4-8-12-33)35-19-15-30(27-40)16-20-35/h3-25,28H,1-2H3. The number of rotatable bonds is 6. The Labute approximate surface area is 237 Å². The minimum Gasteiger partial charge on any atom is -0.192 e. The third-order valence-electron chi connectivity index (χ3n) is 7.64. The molecule has 0 fully saturated rings. The smallest absolute Gasteiger partial charge is 0.0991 e. The molecule has 0 saturated carbocycles. The molecule has 2 heteroatoms. The zero-order valence-corrected chi connectivity index (χ0v) is 22.8. The van der Waals surface area contributed by atoms with Gasteiger partial charge in [-0.25, -0.2) is 0 Å². The first kappa shape index (κ1) is 26.4. The third kappa shape index (κ3) is 5.78. The van der Waals surface area contributed by atoms with E-state index in [0.29, 0.717) is 11.1 Å². The monoisotopic (exact) mass is 514 g/mol. The second kappa shape index (κ2) is 11.7. The van der Waals surface area contributed by atoms with Crippen molar-refractivity contribution >= 4 is 11.1 Å². The van der Waals surface area contributed by atoms with E-state index in [-0.39, 0.29) is 11.3 Å². The molecule has 2 atom stereocenters. The van der Waals surface area contributed by atoms with Crippen LogP contribution >= 0.6 is 0 Å². The first-order valence-electron chi connectivity index (χ1n) is 13.5. The summed E-state index contributed by atoms with van der Waals surface area (Å²) in [6.45, 7) is 4.54. The third-order valence-corrected chi connectivity index (χ3v) is 7.64. The van der Waals surface area contributed by atoms with Gasteiger partial charge in [0.15, 0.2) is 0 Å². The van der Waals surface area contributed by atoms with Crippen LogP contribution in [0.3, 0.4) is 0 Å². The average Bonchev–Trinajstić information content (AvgIpc) is 3.01. The summed E-state index contributed by atoms with van der Waals surface area (Å²) in [6.07, 6.45) is 11.5. The lowest BCUT2D eigenvalue weighted by Crippen LogP contribution is -2.22. The molecular formula is C38H30N2. The molecule has 0 saturated heterocycles. The minimum atomic E-state index is -0.211. The molecule has 40 heavy (non-hydrogen) atoms. The summed E-state index contributed by atoms with van der Waals surface area (Å²) in [4.78, 5) is 0. The van der Waals surface area contributed by atoms with Crippen molar-refractivity contribution in [1.82, 2.24) is 0 Å². The zero-order chi connectivity index (χ0) is 28.0. The van der Waals surface area contributed by atoms with Crippen molar-refractivity contribution < 1.29 is 0 Å². The quantitative estimate of drug-likeness (QED) is 0.257. The van der Waals surface area contributed by atoms with Gasteiger partial charge in [-0.15, -0.1) is 0 Å². The second-order valence-electron chi connectivity index (χ2n) is 10.4. The van der Waals surface area contributed by atoms with Gasteiger partial charge in [0.05, 0.1) is 23.3 Å². The van der Waals surface area contributed by atoms with E-state index in [2.05, 4.69) is 105 Å². The van der Waals surface area contributed by atoms with Crippen molar-refractivity contribution in [2.75, 3.05) is 0 Å². The van der Waals surface area contributed by atoms with Gasteiger partial charge < -0.3 is 0 Å². The van der Waals surface area contributed by atoms with Crippen LogP contribution in [0.1, 0.15) is 47.2 Å². The van der Waals surface area contributed by atoms with E-state index >= 15 is 0 Å². The Bertz CT molecular complexity index is 1690. The normalized spacial score (nSPS) is 18.9. The lowest BCUT2D eigenvalue weighted by molar-refractivity contribution is 0.418. The first-order chi connectivity index (χ1) is 19.5. The van der Waals surface area contributed by atoms with Crippen LogP contribution in [0.4, 0.5) is 0 Å². The molecule has 0 spiro atoms. The fourth-order valence-corrected chi connectivity index (χ4v) is 5.06. The Morgan fingerprint density at radius 1 is 0.650 bits per heavy atom. The van der Waals surface area contributed by atoms with Crippen LogP contribution < -0.4 is 0 Å². The van der Waals surface area contributed by atoms with E-state index in [0.717, 1.165) is 39.0 Å². The molecule has 1 aliphatic rings. The molecule has 0 heterocycles. The molecular weight excluding hydrogens is 484 g/mol. The number of allylic oxidation sites excluding steroid dienone is 6. The van der Waals surface area contributed by atoms with Crippen molar-refractivity contribution in [2.24, 2.45) is 11.3 Å². The van der Waals surface area contributed by atoms with E-state index < -0.39 is 0 Å². The maximum Gasteiger partial charge on any atom is 0.0991 e. The van der Waals surface area contributed by atoms with Gasteiger partial charge in [0.1, 0.15) is 0 Å². The van der Waals surface area contributed by atoms with Gasteiger partial charge in [-0.1, -0.05) is 123 Å². The molecule has 0 aliphatic heterocycles. The molecule has 2 unspecified atom stereocenters. The highest BCUT2D eigenvalue weighted by molar-refractivity contribution is 5.83. The van der Waals surface area contributed by atoms with Gasteiger partial charge in [0, 0.05) is 5.41 Å². The van der Waals surface area contributed by atoms with Gasteiger partial charge in [-0.3, -0.25) is 0 Å². The Morgan fingerprint density at radius 3 is 1.57 bits per heavy atom. The van der Waals surface area contributed by atoms with Crippen molar-refractivity contribution in [3.05, 3.63) is 179 Å². The molecule has 192 valence electrons. The summed E-state index contributed by atoms with van der Waals surface area (Å²) in [6, 6.07) is 40.8. The summed E-state index contributed by atoms with van der Waals surface area (Å²) in [7, 11) is 0. The van der Waals surface area contributed by atoms with Crippen LogP contribution in [0.15, 0.2) is 145 Å². The van der Waals surface area contributed by atoms with Crippen LogP contribution in [-0.2, 0) is 0 Å². The largest absolute Gasteiger partial charge is 0.192 e. The molecule has 4 aromatic carbocycles. The van der Waals surface area contributed by atoms with Gasteiger partial charge in [-0.2, -0.15) is 10.5 Å². The van der Waals surface area contributed by atoms with E-state index in [1.165, 1.54) is 0 Å². The fourth-order valence-electron chi connectivity index (χ4n) is 5.06. The lowest BCUT2D eigenvalue weighted by Gasteiger charge is -2.32. The molecule has 0 bridgehead atoms. The van der Waals surface area contributed by atoms with Crippen LogP contribution in [-0.4, -0.2) is 0 Å². The van der Waals surface area contributed by atoms with Gasteiger partial charge in [0.2, 0.25) is 0 Å². The average molecular weight is 515 g/mol. The van der Waals surface area contributed by atoms with Crippen LogP contribution in [0.5, 0.6) is 0 Å². The molecule has 0 radical (unpaired) electrons. The Morgan fingerprint density at radius 2 is 1.10 bits per heavy atom. The van der Waals surface area contributed by atoms with Crippen LogP contribution in [0, 0.1) is 34.0 Å². The molecule has 0 N–H and O–H groups in total. The zero-order valence-electron chi connectivity index (χ0n) is 22.8. The number of nitriles is 2. The van der Waals surface area contributed by atoms with Crippen molar-refractivity contribution in [3.8, 4) is 12.1 Å². The maximum atomic E-state index is 9.28. The van der Waals surface area contributed by atoms with E-state index in [4.69, 9.17) is 0 Å². The predicted molar refractivity (Wildman–Crippen MR) is 164 cm³/mol. The lowest BCUT2D eigenvalue weighted by atomic mass is 9.71. The number of nitrogens with zero attached hydrogens (tertiary/aromatic N) is 2. The van der Waals surface area contributed by atoms with Crippen molar-refractivity contribution in [1.29, 1.82) is 10.5 Å². The molecule has 0 aromatic heterocycles. The Hall–Kier alpha value is -5.18. The SMILES string of the molecule is CC1C=C(C=C(c2ccccc2)c2ccc(C#N)cc2)C=CC1(C)C=C(c1ccccc1)c1ccc(C#N)cc1. The van der Waals surface area contributed by atoms with E-state index in [9.17, 15) is 10.5 Å². The number of hydrogen-bond acceptors (Lipinski definition) is 2. The second-order valence-corrected chi connectivity index (χ2v) is 10.4. The first-order valence-corrected chi connectivity index (χ1v) is 13.5. The van der Waals surface area contributed by atoms with Crippen LogP contribution in [0.25, 0.3) is 11.1 Å². The molecule has 0 amide bonds. The minimum absolute atomic E-state index is 0.211. The molecule has 2 nitrogen and oxygen atoms in total. The topological polar surface area (TPSA) is 47.6 Å². The van der Waals surface area contributed by atoms with Crippen molar-refractivity contribution in [3.63, 3.8) is 0 Å². The number of hydrogen-bond donors (Lipinski definition) is 0. The highest BCUT2D eigenvalue weighted by atomic mass is 14.3. The molecule has 4 aromatic rings. The van der Waals surface area contributed by atoms with Gasteiger partial charge in [0.25, 0.3) is 0 Å². The highest BCUT2D eigenvalue weighted by Gasteiger charge is 2.28. The van der Waals surface area contributed by atoms with Crippen molar-refractivity contribution in [2.45, 2.75) is 13.8 Å². The van der Waals surface area contributed by atoms with E-state index in [1.807, 2.05) is 60.7 Å². The summed E-state index contributed by atoms with van der Waals surface area (Å²) in [5.74, 6) is 0.235. The van der Waals surface area contributed by atoms with Gasteiger partial charge in [-0.05, 0) is 75.2 Å². The summed E-state index contributed by atoms with van der Waals surface area (Å²) >= 11 is 0. The predicted octanol–water partition coefficient (Wildman–Crippen LogP) is 9.13. The number of benzene rings is 4. The molecule has 5 rings (SSSR count). The Kier molecular flexibility index (Phi) is 7.72. The summed E-state index contributed by atoms with van der Waals surface area (Å²) < 4.78 is 0.